The molecule has 0 saturated heterocycles. The minimum absolute atomic E-state index is 0.0776. The smallest absolute Gasteiger partial charge is 0.147 e. The first-order valence-corrected chi connectivity index (χ1v) is 6.96. The van der Waals surface area contributed by atoms with Gasteiger partial charge < -0.3 is 16.8 Å². The Morgan fingerprint density at radius 1 is 1.17 bits per heavy atom. The van der Waals surface area contributed by atoms with Crippen LogP contribution in [0.3, 0.4) is 0 Å². The third-order valence-electron chi connectivity index (χ3n) is 3.32. The first-order valence-electron chi connectivity index (χ1n) is 6.96. The van der Waals surface area contributed by atoms with Crippen molar-refractivity contribution in [1.82, 2.24) is 4.98 Å². The highest BCUT2D eigenvalue weighted by Crippen LogP contribution is 2.34. The van der Waals surface area contributed by atoms with Crippen LogP contribution in [0.4, 0.5) is 11.6 Å². The van der Waals surface area contributed by atoms with Gasteiger partial charge in [0.25, 0.3) is 0 Å². The van der Waals surface area contributed by atoms with E-state index in [1.54, 1.807) is 6.08 Å². The fraction of sp³-hybridized carbons (Fsp3) is 0.118. The molecule has 0 fully saturated rings. The van der Waals surface area contributed by atoms with Crippen molar-refractivity contribution in [1.29, 1.82) is 10.5 Å². The summed E-state index contributed by atoms with van der Waals surface area (Å²) < 4.78 is 0. The zero-order chi connectivity index (χ0) is 16.8. The molecule has 23 heavy (non-hydrogen) atoms. The van der Waals surface area contributed by atoms with Crippen molar-refractivity contribution in [3.05, 3.63) is 47.5 Å². The van der Waals surface area contributed by atoms with Gasteiger partial charge in [0.15, 0.2) is 0 Å². The second kappa shape index (κ2) is 7.08. The fourth-order valence-corrected chi connectivity index (χ4v) is 2.22. The zero-order valence-electron chi connectivity index (χ0n) is 12.5. The molecule has 0 atom stereocenters. The summed E-state index contributed by atoms with van der Waals surface area (Å²) in [6.07, 6.45) is 1.72. The maximum absolute atomic E-state index is 9.54. The summed E-state index contributed by atoms with van der Waals surface area (Å²) in [5.41, 5.74) is 14.0. The van der Waals surface area contributed by atoms with Gasteiger partial charge in [0.05, 0.1) is 0 Å². The van der Waals surface area contributed by atoms with E-state index in [4.69, 9.17) is 11.5 Å². The van der Waals surface area contributed by atoms with Crippen LogP contribution in [0.5, 0.6) is 0 Å². The molecule has 5 N–H and O–H groups in total. The van der Waals surface area contributed by atoms with Crippen LogP contribution in [0.2, 0.25) is 0 Å². The second-order valence-corrected chi connectivity index (χ2v) is 4.74. The van der Waals surface area contributed by atoms with Crippen molar-refractivity contribution in [2.45, 2.75) is 0 Å². The molecule has 2 rings (SSSR count). The van der Waals surface area contributed by atoms with E-state index in [-0.39, 0.29) is 16.9 Å². The lowest BCUT2D eigenvalue weighted by molar-refractivity contribution is 1.01. The summed E-state index contributed by atoms with van der Waals surface area (Å²) in [6.45, 7) is 4.54. The molecule has 1 heterocycles. The van der Waals surface area contributed by atoms with Crippen LogP contribution in [-0.2, 0) is 0 Å². The topological polar surface area (TPSA) is 125 Å². The van der Waals surface area contributed by atoms with E-state index < -0.39 is 0 Å². The van der Waals surface area contributed by atoms with Gasteiger partial charge >= 0.3 is 0 Å². The third-order valence-corrected chi connectivity index (χ3v) is 3.32. The molecule has 0 saturated carbocycles. The van der Waals surface area contributed by atoms with Crippen LogP contribution in [0, 0.1) is 22.7 Å². The predicted molar refractivity (Wildman–Crippen MR) is 91.2 cm³/mol. The molecule has 1 aromatic carbocycles. The van der Waals surface area contributed by atoms with E-state index in [9.17, 15) is 10.5 Å². The molecule has 6 heteroatoms. The molecule has 0 radical (unpaired) electrons. The number of benzene rings is 1. The normalized spacial score (nSPS) is 9.70. The average molecular weight is 304 g/mol. The quantitative estimate of drug-likeness (QED) is 0.776. The Kier molecular flexibility index (Phi) is 4.93. The average Bonchev–Trinajstić information content (AvgIpc) is 2.59. The van der Waals surface area contributed by atoms with Gasteiger partial charge in [0, 0.05) is 18.7 Å². The Morgan fingerprint density at radius 2 is 1.83 bits per heavy atom. The van der Waals surface area contributed by atoms with Crippen LogP contribution < -0.4 is 16.8 Å². The lowest BCUT2D eigenvalue weighted by atomic mass is 9.95. The Balaban J connectivity index is 2.72. The molecule has 1 aromatic heterocycles. The van der Waals surface area contributed by atoms with Crippen LogP contribution in [-0.4, -0.2) is 18.1 Å². The Morgan fingerprint density at radius 3 is 2.35 bits per heavy atom. The van der Waals surface area contributed by atoms with E-state index >= 15 is 0 Å². The Hall–Kier alpha value is -3.35. The number of aromatic nitrogens is 1. The number of rotatable bonds is 5. The number of nitrogens with two attached hydrogens (primary N) is 2. The molecule has 0 aliphatic rings. The molecular formula is C17H16N6. The van der Waals surface area contributed by atoms with Crippen molar-refractivity contribution in [3.8, 4) is 23.3 Å². The minimum atomic E-state index is 0.0776. The van der Waals surface area contributed by atoms with Gasteiger partial charge in [-0.05, 0) is 11.1 Å². The number of nitrogens with one attached hydrogen (secondary N) is 1. The second-order valence-electron chi connectivity index (χ2n) is 4.74. The molecule has 0 spiro atoms. The first-order chi connectivity index (χ1) is 11.2. The lowest BCUT2D eigenvalue weighted by Gasteiger charge is -2.14. The highest BCUT2D eigenvalue weighted by molar-refractivity contribution is 5.85. The number of nitriles is 2. The van der Waals surface area contributed by atoms with Gasteiger partial charge in [-0.3, -0.25) is 0 Å². The highest BCUT2D eigenvalue weighted by Gasteiger charge is 2.19. The van der Waals surface area contributed by atoms with E-state index in [1.807, 2.05) is 30.3 Å². The van der Waals surface area contributed by atoms with Gasteiger partial charge in [0.1, 0.15) is 34.9 Å². The SMILES string of the molecule is C=Cc1ccc(-c2c(C#N)c(N)nc(NCCN)c2C#N)cc1. The summed E-state index contributed by atoms with van der Waals surface area (Å²) in [5, 5.41) is 21.9. The Labute approximate surface area is 134 Å². The van der Waals surface area contributed by atoms with Gasteiger partial charge in [-0.15, -0.1) is 0 Å². The number of nitrogen functional groups attached to an aromatic ring is 1. The minimum Gasteiger partial charge on any atom is -0.383 e. The summed E-state index contributed by atoms with van der Waals surface area (Å²) in [5.74, 6) is 0.408. The molecule has 0 unspecified atom stereocenters. The number of anilines is 2. The van der Waals surface area contributed by atoms with Gasteiger partial charge in [0.2, 0.25) is 0 Å². The number of hydrogen-bond donors (Lipinski definition) is 3. The molecule has 0 amide bonds. The van der Waals surface area contributed by atoms with E-state index in [0.29, 0.717) is 30.0 Å². The number of hydrogen-bond acceptors (Lipinski definition) is 6. The van der Waals surface area contributed by atoms with Crippen molar-refractivity contribution < 1.29 is 0 Å². The van der Waals surface area contributed by atoms with Gasteiger partial charge in [-0.25, -0.2) is 4.98 Å². The van der Waals surface area contributed by atoms with Crippen molar-refractivity contribution in [2.75, 3.05) is 24.1 Å². The van der Waals surface area contributed by atoms with E-state index in [0.717, 1.165) is 5.56 Å². The number of pyridine rings is 1. The fourth-order valence-electron chi connectivity index (χ4n) is 2.22. The van der Waals surface area contributed by atoms with Crippen LogP contribution in [0.15, 0.2) is 30.8 Å². The predicted octanol–water partition coefficient (Wildman–Crippen LogP) is 2.09. The molecule has 6 nitrogen and oxygen atoms in total. The van der Waals surface area contributed by atoms with E-state index in [1.165, 1.54) is 0 Å². The monoisotopic (exact) mass is 304 g/mol. The van der Waals surface area contributed by atoms with Gasteiger partial charge in [-0.1, -0.05) is 36.9 Å². The highest BCUT2D eigenvalue weighted by atomic mass is 15.0. The van der Waals surface area contributed by atoms with Gasteiger partial charge in [-0.2, -0.15) is 10.5 Å². The van der Waals surface area contributed by atoms with E-state index in [2.05, 4.69) is 22.9 Å². The standard InChI is InChI=1S/C17H16N6/c1-2-11-3-5-12(6-4-11)15-13(9-19)16(21)23-17(14(15)10-20)22-8-7-18/h2-6H,1,7-8,18H2,(H3,21,22,23). The summed E-state index contributed by atoms with van der Waals surface area (Å²) in [6, 6.07) is 11.5. The van der Waals surface area contributed by atoms with Crippen molar-refractivity contribution in [2.24, 2.45) is 5.73 Å². The molecule has 0 aliphatic carbocycles. The third kappa shape index (κ3) is 3.13. The first kappa shape index (κ1) is 16.0. The van der Waals surface area contributed by atoms with Crippen LogP contribution in [0.1, 0.15) is 16.7 Å². The zero-order valence-corrected chi connectivity index (χ0v) is 12.5. The lowest BCUT2D eigenvalue weighted by Crippen LogP contribution is -2.16. The molecular weight excluding hydrogens is 288 g/mol. The molecule has 114 valence electrons. The van der Waals surface area contributed by atoms with Crippen molar-refractivity contribution in [3.63, 3.8) is 0 Å². The maximum atomic E-state index is 9.54. The largest absolute Gasteiger partial charge is 0.383 e. The summed E-state index contributed by atoms with van der Waals surface area (Å²) in [7, 11) is 0. The number of nitrogens with zero attached hydrogens (tertiary/aromatic N) is 3. The Bertz CT molecular complexity index is 809. The summed E-state index contributed by atoms with van der Waals surface area (Å²) in [4.78, 5) is 4.12. The summed E-state index contributed by atoms with van der Waals surface area (Å²) >= 11 is 0. The molecule has 2 aromatic rings. The van der Waals surface area contributed by atoms with Crippen molar-refractivity contribution >= 4 is 17.7 Å². The van der Waals surface area contributed by atoms with Crippen LogP contribution in [0.25, 0.3) is 17.2 Å². The van der Waals surface area contributed by atoms with Crippen LogP contribution >= 0.6 is 0 Å². The molecule has 0 aliphatic heterocycles. The maximum Gasteiger partial charge on any atom is 0.147 e. The molecule has 0 bridgehead atoms.